The van der Waals surface area contributed by atoms with Crippen molar-refractivity contribution in [3.63, 3.8) is 0 Å². The van der Waals surface area contributed by atoms with Crippen LogP contribution in [0.3, 0.4) is 0 Å². The van der Waals surface area contributed by atoms with E-state index in [0.717, 1.165) is 45.3 Å². The predicted molar refractivity (Wildman–Crippen MR) is 73.9 cm³/mol. The maximum atomic E-state index is 12.4. The van der Waals surface area contributed by atoms with E-state index in [-0.39, 0.29) is 12.0 Å². The SMILES string of the molecule is O=C(C1CCCO1)N1CCCC1Cc1ccccc1. The van der Waals surface area contributed by atoms with E-state index >= 15 is 0 Å². The van der Waals surface area contributed by atoms with E-state index in [2.05, 4.69) is 29.2 Å². The number of hydrogen-bond acceptors (Lipinski definition) is 2. The zero-order valence-electron chi connectivity index (χ0n) is 11.3. The molecule has 0 N–H and O–H groups in total. The molecule has 102 valence electrons. The number of ether oxygens (including phenoxy) is 1. The van der Waals surface area contributed by atoms with Crippen LogP contribution in [0.25, 0.3) is 0 Å². The van der Waals surface area contributed by atoms with Crippen LogP contribution in [0.1, 0.15) is 31.2 Å². The number of amides is 1. The molecule has 1 aromatic rings. The van der Waals surface area contributed by atoms with Gasteiger partial charge in [0.05, 0.1) is 0 Å². The maximum absolute atomic E-state index is 12.4. The fourth-order valence-corrected chi connectivity index (χ4v) is 3.18. The van der Waals surface area contributed by atoms with E-state index in [1.54, 1.807) is 0 Å². The summed E-state index contributed by atoms with van der Waals surface area (Å²) in [6, 6.07) is 10.8. The van der Waals surface area contributed by atoms with Crippen LogP contribution in [0.4, 0.5) is 0 Å². The third kappa shape index (κ3) is 2.81. The molecule has 3 nitrogen and oxygen atoms in total. The Morgan fingerprint density at radius 1 is 1.21 bits per heavy atom. The van der Waals surface area contributed by atoms with Gasteiger partial charge >= 0.3 is 0 Å². The molecule has 2 aliphatic rings. The van der Waals surface area contributed by atoms with Crippen LogP contribution in [0.5, 0.6) is 0 Å². The van der Waals surface area contributed by atoms with Crippen molar-refractivity contribution in [3.05, 3.63) is 35.9 Å². The first kappa shape index (κ1) is 12.7. The first-order chi connectivity index (χ1) is 9.34. The Balaban J connectivity index is 1.66. The molecule has 2 atom stereocenters. The number of nitrogens with zero attached hydrogens (tertiary/aromatic N) is 1. The van der Waals surface area contributed by atoms with E-state index in [9.17, 15) is 4.79 Å². The van der Waals surface area contributed by atoms with Gasteiger partial charge in [0.2, 0.25) is 0 Å². The number of carbonyl (C=O) groups excluding carboxylic acids is 1. The van der Waals surface area contributed by atoms with Crippen molar-refractivity contribution in [2.75, 3.05) is 13.2 Å². The number of carbonyl (C=O) groups is 1. The average Bonchev–Trinajstić information content (AvgIpc) is 3.10. The van der Waals surface area contributed by atoms with Crippen LogP contribution in [0, 0.1) is 0 Å². The molecule has 0 spiro atoms. The summed E-state index contributed by atoms with van der Waals surface area (Å²) >= 11 is 0. The average molecular weight is 259 g/mol. The van der Waals surface area contributed by atoms with Gasteiger partial charge in [-0.05, 0) is 37.7 Å². The van der Waals surface area contributed by atoms with Crippen molar-refractivity contribution in [1.29, 1.82) is 0 Å². The van der Waals surface area contributed by atoms with Gasteiger partial charge in [-0.2, -0.15) is 0 Å². The van der Waals surface area contributed by atoms with Crippen LogP contribution in [0.2, 0.25) is 0 Å². The molecule has 3 rings (SSSR count). The van der Waals surface area contributed by atoms with E-state index in [1.165, 1.54) is 5.56 Å². The number of hydrogen-bond donors (Lipinski definition) is 0. The topological polar surface area (TPSA) is 29.5 Å². The summed E-state index contributed by atoms with van der Waals surface area (Å²) in [5.74, 6) is 0.218. The minimum absolute atomic E-state index is 0.170. The first-order valence-electron chi connectivity index (χ1n) is 7.30. The van der Waals surface area contributed by atoms with Gasteiger partial charge < -0.3 is 9.64 Å². The summed E-state index contributed by atoms with van der Waals surface area (Å²) in [5.41, 5.74) is 1.32. The Hall–Kier alpha value is -1.35. The summed E-state index contributed by atoms with van der Waals surface area (Å²) in [4.78, 5) is 14.5. The van der Waals surface area contributed by atoms with Gasteiger partial charge in [0.15, 0.2) is 0 Å². The summed E-state index contributed by atoms with van der Waals surface area (Å²) in [6.45, 7) is 1.64. The molecule has 0 saturated carbocycles. The molecular formula is C16H21NO2. The van der Waals surface area contributed by atoms with E-state index in [1.807, 2.05) is 6.07 Å². The second kappa shape index (κ2) is 5.74. The molecule has 19 heavy (non-hydrogen) atoms. The van der Waals surface area contributed by atoms with Crippen LogP contribution in [-0.2, 0) is 16.0 Å². The van der Waals surface area contributed by atoms with Gasteiger partial charge in [-0.25, -0.2) is 0 Å². The molecule has 0 aromatic heterocycles. The zero-order valence-corrected chi connectivity index (χ0v) is 11.3. The van der Waals surface area contributed by atoms with Gasteiger partial charge in [-0.3, -0.25) is 4.79 Å². The molecule has 2 aliphatic heterocycles. The van der Waals surface area contributed by atoms with Crippen LogP contribution in [-0.4, -0.2) is 36.1 Å². The molecule has 0 bridgehead atoms. The van der Waals surface area contributed by atoms with Crippen molar-refractivity contribution in [1.82, 2.24) is 4.90 Å². The highest BCUT2D eigenvalue weighted by Crippen LogP contribution is 2.25. The minimum Gasteiger partial charge on any atom is -0.368 e. The van der Waals surface area contributed by atoms with E-state index < -0.39 is 0 Å². The first-order valence-corrected chi connectivity index (χ1v) is 7.30. The van der Waals surface area contributed by atoms with Crippen molar-refractivity contribution < 1.29 is 9.53 Å². The van der Waals surface area contributed by atoms with Crippen LogP contribution >= 0.6 is 0 Å². The molecule has 0 radical (unpaired) electrons. The summed E-state index contributed by atoms with van der Waals surface area (Å²) in [6.07, 6.45) is 4.96. The molecular weight excluding hydrogens is 238 g/mol. The zero-order chi connectivity index (χ0) is 13.1. The van der Waals surface area contributed by atoms with Crippen molar-refractivity contribution in [3.8, 4) is 0 Å². The summed E-state index contributed by atoms with van der Waals surface area (Å²) < 4.78 is 5.53. The fourth-order valence-electron chi connectivity index (χ4n) is 3.18. The molecule has 2 unspecified atom stereocenters. The Bertz CT molecular complexity index is 426. The van der Waals surface area contributed by atoms with Gasteiger partial charge in [0.25, 0.3) is 5.91 Å². The molecule has 3 heteroatoms. The van der Waals surface area contributed by atoms with Gasteiger partial charge in [-0.15, -0.1) is 0 Å². The quantitative estimate of drug-likeness (QED) is 0.834. The van der Waals surface area contributed by atoms with Gasteiger partial charge in [-0.1, -0.05) is 30.3 Å². The lowest BCUT2D eigenvalue weighted by Gasteiger charge is -2.27. The molecule has 2 fully saturated rings. The molecule has 2 saturated heterocycles. The lowest BCUT2D eigenvalue weighted by atomic mass is 10.0. The fraction of sp³-hybridized carbons (Fsp3) is 0.562. The highest BCUT2D eigenvalue weighted by molar-refractivity contribution is 5.81. The lowest BCUT2D eigenvalue weighted by molar-refractivity contribution is -0.141. The second-order valence-electron chi connectivity index (χ2n) is 5.52. The monoisotopic (exact) mass is 259 g/mol. The van der Waals surface area contributed by atoms with Crippen LogP contribution < -0.4 is 0 Å². The lowest BCUT2D eigenvalue weighted by Crippen LogP contribution is -2.42. The standard InChI is InChI=1S/C16H21NO2/c18-16(15-9-5-11-19-15)17-10-4-8-14(17)12-13-6-2-1-3-7-13/h1-3,6-7,14-15H,4-5,8-12H2. The molecule has 1 amide bonds. The Morgan fingerprint density at radius 3 is 2.79 bits per heavy atom. The van der Waals surface area contributed by atoms with E-state index in [4.69, 9.17) is 4.74 Å². The Morgan fingerprint density at radius 2 is 2.05 bits per heavy atom. The number of rotatable bonds is 3. The Labute approximate surface area is 114 Å². The van der Waals surface area contributed by atoms with E-state index in [0.29, 0.717) is 6.04 Å². The normalized spacial score (nSPS) is 26.8. The maximum Gasteiger partial charge on any atom is 0.251 e. The highest BCUT2D eigenvalue weighted by Gasteiger charge is 2.34. The predicted octanol–water partition coefficient (Wildman–Crippen LogP) is 2.40. The third-order valence-corrected chi connectivity index (χ3v) is 4.18. The summed E-state index contributed by atoms with van der Waals surface area (Å²) in [7, 11) is 0. The minimum atomic E-state index is -0.170. The number of benzene rings is 1. The van der Waals surface area contributed by atoms with Crippen molar-refractivity contribution in [2.24, 2.45) is 0 Å². The smallest absolute Gasteiger partial charge is 0.251 e. The molecule has 1 aromatic carbocycles. The highest BCUT2D eigenvalue weighted by atomic mass is 16.5. The third-order valence-electron chi connectivity index (χ3n) is 4.18. The summed E-state index contributed by atoms with van der Waals surface area (Å²) in [5, 5.41) is 0. The Kier molecular flexibility index (Phi) is 3.83. The largest absolute Gasteiger partial charge is 0.368 e. The number of likely N-dealkylation sites (tertiary alicyclic amines) is 1. The molecule has 0 aliphatic carbocycles. The van der Waals surface area contributed by atoms with Crippen molar-refractivity contribution in [2.45, 2.75) is 44.2 Å². The second-order valence-corrected chi connectivity index (χ2v) is 5.52. The van der Waals surface area contributed by atoms with Crippen molar-refractivity contribution >= 4 is 5.91 Å². The van der Waals surface area contributed by atoms with Gasteiger partial charge in [0.1, 0.15) is 6.10 Å². The van der Waals surface area contributed by atoms with Crippen LogP contribution in [0.15, 0.2) is 30.3 Å². The molecule has 2 heterocycles. The van der Waals surface area contributed by atoms with Gasteiger partial charge in [0, 0.05) is 19.2 Å².